The number of ether oxygens (including phenoxy) is 2. The van der Waals surface area contributed by atoms with Crippen LogP contribution in [0.25, 0.3) is 0 Å². The van der Waals surface area contributed by atoms with E-state index < -0.39 is 30.7 Å². The molecule has 9 nitrogen and oxygen atoms in total. The number of hydrogen-bond acceptors (Lipinski definition) is 8. The third-order valence-corrected chi connectivity index (χ3v) is 7.98. The lowest BCUT2D eigenvalue weighted by atomic mass is 9.61. The van der Waals surface area contributed by atoms with E-state index in [0.717, 1.165) is 61.8 Å². The predicted molar refractivity (Wildman–Crippen MR) is 155 cm³/mol. The molecule has 0 radical (unpaired) electrons. The summed E-state index contributed by atoms with van der Waals surface area (Å²) in [4.78, 5) is 20.6. The number of rotatable bonds is 9. The van der Waals surface area contributed by atoms with Gasteiger partial charge in [0, 0.05) is 43.2 Å². The molecule has 2 fully saturated rings. The van der Waals surface area contributed by atoms with E-state index in [1.54, 1.807) is 13.8 Å². The number of hydrogen-bond donors (Lipinski definition) is 1. The zero-order valence-corrected chi connectivity index (χ0v) is 24.8. The van der Waals surface area contributed by atoms with Gasteiger partial charge in [0.2, 0.25) is 0 Å². The first-order valence-corrected chi connectivity index (χ1v) is 14.7. The number of nitrogens with zero attached hydrogens (tertiary/aromatic N) is 5. The summed E-state index contributed by atoms with van der Waals surface area (Å²) >= 11 is 0. The maximum Gasteiger partial charge on any atom is 0.282 e. The Hall–Kier alpha value is -3.93. The van der Waals surface area contributed by atoms with E-state index in [-0.39, 0.29) is 28.7 Å². The molecule has 0 atom stereocenters. The zero-order chi connectivity index (χ0) is 30.7. The normalized spacial score (nSPS) is 16.7. The van der Waals surface area contributed by atoms with Gasteiger partial charge in [-0.05, 0) is 56.5 Å². The van der Waals surface area contributed by atoms with Gasteiger partial charge >= 0.3 is 0 Å². The minimum absolute atomic E-state index is 0.0166. The van der Waals surface area contributed by atoms with Crippen molar-refractivity contribution in [3.8, 4) is 17.4 Å². The average Bonchev–Trinajstić information content (AvgIpc) is 3.44. The van der Waals surface area contributed by atoms with Gasteiger partial charge in [0.05, 0.1) is 12.1 Å². The highest BCUT2D eigenvalue weighted by Gasteiger charge is 2.54. The van der Waals surface area contributed by atoms with Crippen molar-refractivity contribution in [3.05, 3.63) is 65.2 Å². The Balaban J connectivity index is 0.00000180. The van der Waals surface area contributed by atoms with Gasteiger partial charge in [-0.3, -0.25) is 4.79 Å². The van der Waals surface area contributed by atoms with Crippen molar-refractivity contribution in [2.45, 2.75) is 72.2 Å². The van der Waals surface area contributed by atoms with Crippen molar-refractivity contribution in [2.24, 2.45) is 5.41 Å². The molecule has 1 N–H and O–H groups in total. The summed E-state index contributed by atoms with van der Waals surface area (Å²) in [6.45, 7) is 9.58. The number of amides is 1. The molecule has 12 heteroatoms. The van der Waals surface area contributed by atoms with Crippen LogP contribution in [0.1, 0.15) is 62.0 Å². The molecule has 1 aliphatic carbocycles. The Kier molecular flexibility index (Phi) is 9.05. The molecule has 230 valence electrons. The molecule has 6 rings (SSSR count). The molecule has 3 aromatic rings. The highest BCUT2D eigenvalue weighted by atomic mass is 19.3. The first-order chi connectivity index (χ1) is 20.7. The van der Waals surface area contributed by atoms with Gasteiger partial charge in [-0.2, -0.15) is 0 Å². The molecule has 2 aliphatic heterocycles. The number of carbonyl (C=O) groups is 1. The molecule has 0 bridgehead atoms. The Morgan fingerprint density at radius 1 is 1.14 bits per heavy atom. The van der Waals surface area contributed by atoms with Gasteiger partial charge < -0.3 is 24.6 Å². The fourth-order valence-corrected chi connectivity index (χ4v) is 5.99. The number of fused-ring (bicyclic) bond motifs is 1. The van der Waals surface area contributed by atoms with Crippen molar-refractivity contribution < 1.29 is 27.4 Å². The minimum atomic E-state index is -2.74. The van der Waals surface area contributed by atoms with Gasteiger partial charge in [0.15, 0.2) is 5.82 Å². The van der Waals surface area contributed by atoms with Crippen molar-refractivity contribution in [2.75, 3.05) is 24.5 Å². The average molecular weight is 599 g/mol. The molecule has 43 heavy (non-hydrogen) atoms. The lowest BCUT2D eigenvalue weighted by Gasteiger charge is -2.58. The first kappa shape index (κ1) is 30.5. The fourth-order valence-electron chi connectivity index (χ4n) is 5.99. The molecule has 1 aromatic heterocycles. The molecule has 3 aliphatic rings. The molecule has 1 saturated heterocycles. The van der Waals surface area contributed by atoms with Gasteiger partial charge in [-0.1, -0.05) is 26.0 Å². The largest absolute Gasteiger partial charge is 0.490 e. The summed E-state index contributed by atoms with van der Waals surface area (Å²) < 4.78 is 52.8. The summed E-state index contributed by atoms with van der Waals surface area (Å²) in [7, 11) is 0. The lowest BCUT2D eigenvalue weighted by molar-refractivity contribution is -0.0348. The summed E-state index contributed by atoms with van der Waals surface area (Å²) in [5.41, 5.74) is 2.44. The molecule has 2 aromatic carbocycles. The monoisotopic (exact) mass is 598 g/mol. The van der Waals surface area contributed by atoms with Crippen molar-refractivity contribution in [1.82, 2.24) is 25.4 Å². The third kappa shape index (κ3) is 6.39. The zero-order valence-electron chi connectivity index (χ0n) is 24.8. The van der Waals surface area contributed by atoms with Crippen LogP contribution in [0.4, 0.5) is 19.0 Å². The first-order valence-electron chi connectivity index (χ1n) is 14.7. The van der Waals surface area contributed by atoms with Crippen LogP contribution in [-0.4, -0.2) is 64.2 Å². The van der Waals surface area contributed by atoms with Crippen molar-refractivity contribution >= 4 is 11.7 Å². The second kappa shape index (κ2) is 12.7. The second-order valence-electron chi connectivity index (χ2n) is 11.3. The fraction of sp³-hybridized carbons (Fsp3) is 0.484. The number of alkyl halides is 2. The topological polar surface area (TPSA) is 92.7 Å². The highest BCUT2D eigenvalue weighted by Crippen LogP contribution is 2.52. The van der Waals surface area contributed by atoms with E-state index >= 15 is 0 Å². The van der Waals surface area contributed by atoms with Crippen LogP contribution >= 0.6 is 0 Å². The number of benzene rings is 2. The number of anilines is 1. The lowest BCUT2D eigenvalue weighted by Crippen LogP contribution is -2.65. The number of carbonyl (C=O) groups excluding carboxylic acids is 1. The number of aromatic nitrogens is 3. The van der Waals surface area contributed by atoms with Crippen LogP contribution in [0.3, 0.4) is 0 Å². The number of nitrogens with one attached hydrogen (secondary N) is 1. The Bertz CT molecular complexity index is 1440. The van der Waals surface area contributed by atoms with Crippen LogP contribution < -0.4 is 19.7 Å². The molecular weight excluding hydrogens is 561 g/mol. The van der Waals surface area contributed by atoms with Crippen LogP contribution in [0.2, 0.25) is 0 Å². The quantitative estimate of drug-likeness (QED) is 0.341. The highest BCUT2D eigenvalue weighted by molar-refractivity contribution is 5.97. The molecule has 1 saturated carbocycles. The van der Waals surface area contributed by atoms with E-state index in [4.69, 9.17) is 9.47 Å². The van der Waals surface area contributed by atoms with Crippen LogP contribution in [0.5, 0.6) is 17.4 Å². The Morgan fingerprint density at radius 2 is 1.91 bits per heavy atom. The van der Waals surface area contributed by atoms with E-state index in [9.17, 15) is 18.0 Å². The Morgan fingerprint density at radius 3 is 2.63 bits per heavy atom. The summed E-state index contributed by atoms with van der Waals surface area (Å²) in [6, 6.07) is 9.04. The SMILES string of the molecule is CC.CC(C)N(CC(F)F)C(=O)c1cc(F)ccc1Oc1nncnc1N1CC2(CC(Oc3cccc4c3CNC4)C2)C1. The molecule has 1 amide bonds. The molecule has 3 heterocycles. The van der Waals surface area contributed by atoms with E-state index in [1.165, 1.54) is 23.5 Å². The molecular formula is C31H37F3N6O3. The summed E-state index contributed by atoms with van der Waals surface area (Å²) in [6.07, 6.45) is 0.551. The summed E-state index contributed by atoms with van der Waals surface area (Å²) in [5, 5.41) is 11.3. The van der Waals surface area contributed by atoms with E-state index in [2.05, 4.69) is 26.6 Å². The van der Waals surface area contributed by atoms with Crippen LogP contribution in [0, 0.1) is 11.2 Å². The van der Waals surface area contributed by atoms with Gasteiger partial charge in [-0.25, -0.2) is 18.2 Å². The van der Waals surface area contributed by atoms with Crippen molar-refractivity contribution in [3.63, 3.8) is 0 Å². The Labute approximate surface area is 249 Å². The van der Waals surface area contributed by atoms with Crippen molar-refractivity contribution in [1.29, 1.82) is 0 Å². The second-order valence-corrected chi connectivity index (χ2v) is 11.3. The third-order valence-electron chi connectivity index (χ3n) is 7.98. The molecule has 1 spiro atoms. The van der Waals surface area contributed by atoms with Crippen LogP contribution in [0.15, 0.2) is 42.7 Å². The van der Waals surface area contributed by atoms with Gasteiger partial charge in [-0.15, -0.1) is 10.2 Å². The predicted octanol–water partition coefficient (Wildman–Crippen LogP) is 5.60. The standard InChI is InChI=1S/C29H31F3N6O3.C2H6/c1-17(2)38(13-25(31)32)28(39)21-8-19(30)6-7-24(21)41-27-26(34-16-35-36-27)37-14-29(15-37)9-20(10-29)40-23-5-3-4-18-11-33-12-22(18)23;1-2/h3-8,16-17,20,25,33H,9-15H2,1-2H3;1-2H3. The number of halogens is 3. The maximum atomic E-state index is 14.2. The van der Waals surface area contributed by atoms with Gasteiger partial charge in [0.1, 0.15) is 29.7 Å². The van der Waals surface area contributed by atoms with E-state index in [0.29, 0.717) is 5.82 Å². The smallest absolute Gasteiger partial charge is 0.282 e. The van der Waals surface area contributed by atoms with E-state index in [1.807, 2.05) is 30.9 Å². The van der Waals surface area contributed by atoms with Gasteiger partial charge in [0.25, 0.3) is 18.2 Å². The minimum Gasteiger partial charge on any atom is -0.490 e. The molecule has 0 unspecified atom stereocenters. The maximum absolute atomic E-state index is 14.2. The van der Waals surface area contributed by atoms with Crippen LogP contribution in [-0.2, 0) is 13.1 Å². The summed E-state index contributed by atoms with van der Waals surface area (Å²) in [5.74, 6) is -0.0329.